The summed E-state index contributed by atoms with van der Waals surface area (Å²) in [5, 5.41) is 0. The predicted molar refractivity (Wildman–Crippen MR) is 67.7 cm³/mol. The first-order chi connectivity index (χ1) is 7.00. The predicted octanol–water partition coefficient (Wildman–Crippen LogP) is 1.81. The first-order valence-electron chi connectivity index (χ1n) is 4.98. The zero-order chi connectivity index (χ0) is 11.4. The molecular weight excluding hydrogens is 226 g/mol. The molecule has 1 aromatic heterocycles. The van der Waals surface area contributed by atoms with E-state index in [1.807, 2.05) is 0 Å². The molecule has 1 aromatic rings. The molecule has 16 heavy (non-hydrogen) atoms. The third-order valence-corrected chi connectivity index (χ3v) is 1.98. The van der Waals surface area contributed by atoms with E-state index in [0.29, 0.717) is 17.4 Å². The molecule has 0 fully saturated rings. The second-order valence-corrected chi connectivity index (χ2v) is 4.03. The molecule has 0 atom stereocenters. The molecule has 90 valence electrons. The van der Waals surface area contributed by atoms with Crippen molar-refractivity contribution in [1.29, 1.82) is 0 Å². The van der Waals surface area contributed by atoms with Crippen LogP contribution >= 0.6 is 12.4 Å². The van der Waals surface area contributed by atoms with Crippen molar-refractivity contribution in [2.24, 2.45) is 5.92 Å². The van der Waals surface area contributed by atoms with Crippen molar-refractivity contribution >= 4 is 24.1 Å². The van der Waals surface area contributed by atoms with Gasteiger partial charge in [-0.1, -0.05) is 19.9 Å². The molecule has 0 unspecified atom stereocenters. The van der Waals surface area contributed by atoms with Gasteiger partial charge in [-0.2, -0.15) is 0 Å². The molecule has 0 aliphatic carbocycles. The zero-order valence-corrected chi connectivity index (χ0v) is 10.6. The van der Waals surface area contributed by atoms with Crippen molar-refractivity contribution in [1.82, 2.24) is 9.88 Å². The van der Waals surface area contributed by atoms with Gasteiger partial charge in [0.05, 0.1) is 0 Å². The van der Waals surface area contributed by atoms with Crippen LogP contribution in [0.25, 0.3) is 0 Å². The maximum absolute atomic E-state index is 11.8. The Balaban J connectivity index is 0.00000225. The molecule has 0 aliphatic heterocycles. The number of anilines is 1. The quantitative estimate of drug-likeness (QED) is 0.881. The molecule has 0 aromatic carbocycles. The lowest BCUT2D eigenvalue weighted by atomic mass is 10.2. The molecule has 0 saturated carbocycles. The minimum absolute atomic E-state index is 0. The summed E-state index contributed by atoms with van der Waals surface area (Å²) in [4.78, 5) is 17.5. The summed E-state index contributed by atoms with van der Waals surface area (Å²) in [6, 6.07) is 5.08. The van der Waals surface area contributed by atoms with Crippen molar-refractivity contribution in [3.05, 3.63) is 23.9 Å². The maximum Gasteiger partial charge on any atom is 0.272 e. The van der Waals surface area contributed by atoms with E-state index in [1.54, 1.807) is 30.1 Å². The normalized spacial score (nSPS) is 9.75. The number of halogens is 1. The van der Waals surface area contributed by atoms with Crippen LogP contribution in [0.2, 0.25) is 0 Å². The number of carbonyl (C=O) groups excluding carboxylic acids is 1. The monoisotopic (exact) mass is 243 g/mol. The lowest BCUT2D eigenvalue weighted by molar-refractivity contribution is 0.0773. The highest BCUT2D eigenvalue weighted by Gasteiger charge is 2.13. The Hall–Kier alpha value is -1.29. The average molecular weight is 244 g/mol. The van der Waals surface area contributed by atoms with E-state index in [2.05, 4.69) is 18.8 Å². The Morgan fingerprint density at radius 1 is 1.50 bits per heavy atom. The standard InChI is InChI=1S/C11H17N3O.ClH/c1-8(2)7-14(3)11(15)9-5-4-6-10(12)13-9;/h4-6,8H,7H2,1-3H3,(H2,12,13);1H. The van der Waals surface area contributed by atoms with Gasteiger partial charge >= 0.3 is 0 Å². The van der Waals surface area contributed by atoms with Crippen LogP contribution in [0.3, 0.4) is 0 Å². The van der Waals surface area contributed by atoms with E-state index in [0.717, 1.165) is 6.54 Å². The first kappa shape index (κ1) is 14.7. The van der Waals surface area contributed by atoms with Crippen LogP contribution < -0.4 is 5.73 Å². The molecule has 5 heteroatoms. The summed E-state index contributed by atoms with van der Waals surface area (Å²) in [6.07, 6.45) is 0. The second kappa shape index (κ2) is 6.33. The third kappa shape index (κ3) is 4.06. The number of nitrogen functional groups attached to an aromatic ring is 1. The van der Waals surface area contributed by atoms with Crippen molar-refractivity contribution in [2.45, 2.75) is 13.8 Å². The van der Waals surface area contributed by atoms with Gasteiger partial charge in [0.25, 0.3) is 5.91 Å². The van der Waals surface area contributed by atoms with Gasteiger partial charge in [0, 0.05) is 13.6 Å². The number of amides is 1. The number of hydrogen-bond donors (Lipinski definition) is 1. The number of rotatable bonds is 3. The Morgan fingerprint density at radius 3 is 2.62 bits per heavy atom. The number of nitrogens with zero attached hydrogens (tertiary/aromatic N) is 2. The molecule has 1 heterocycles. The topological polar surface area (TPSA) is 59.2 Å². The van der Waals surface area contributed by atoms with Gasteiger partial charge in [0.1, 0.15) is 11.5 Å². The van der Waals surface area contributed by atoms with Crippen LogP contribution in [0.15, 0.2) is 18.2 Å². The van der Waals surface area contributed by atoms with E-state index < -0.39 is 0 Å². The second-order valence-electron chi connectivity index (χ2n) is 4.03. The van der Waals surface area contributed by atoms with Crippen LogP contribution in [0.1, 0.15) is 24.3 Å². The van der Waals surface area contributed by atoms with Gasteiger partial charge in [-0.25, -0.2) is 4.98 Å². The molecule has 0 aliphatic rings. The number of aromatic nitrogens is 1. The highest BCUT2D eigenvalue weighted by atomic mass is 35.5. The largest absolute Gasteiger partial charge is 0.384 e. The molecule has 4 nitrogen and oxygen atoms in total. The van der Waals surface area contributed by atoms with E-state index in [4.69, 9.17) is 5.73 Å². The SMILES string of the molecule is CC(C)CN(C)C(=O)c1cccc(N)n1.Cl. The van der Waals surface area contributed by atoms with Gasteiger partial charge in [-0.3, -0.25) is 4.79 Å². The number of carbonyl (C=O) groups is 1. The van der Waals surface area contributed by atoms with Crippen molar-refractivity contribution in [2.75, 3.05) is 19.3 Å². The maximum atomic E-state index is 11.8. The van der Waals surface area contributed by atoms with Gasteiger partial charge in [-0.05, 0) is 18.1 Å². The van der Waals surface area contributed by atoms with Gasteiger partial charge in [-0.15, -0.1) is 12.4 Å². The van der Waals surface area contributed by atoms with Crippen molar-refractivity contribution in [3.8, 4) is 0 Å². The first-order valence-corrected chi connectivity index (χ1v) is 4.98. The fourth-order valence-corrected chi connectivity index (χ4v) is 1.40. The summed E-state index contributed by atoms with van der Waals surface area (Å²) < 4.78 is 0. The fourth-order valence-electron chi connectivity index (χ4n) is 1.40. The molecule has 0 spiro atoms. The molecule has 0 bridgehead atoms. The number of hydrogen-bond acceptors (Lipinski definition) is 3. The molecular formula is C11H18ClN3O. The lowest BCUT2D eigenvalue weighted by Gasteiger charge is -2.18. The molecule has 1 rings (SSSR count). The Kier molecular flexibility index (Phi) is 5.82. The van der Waals surface area contributed by atoms with Gasteiger partial charge < -0.3 is 10.6 Å². The summed E-state index contributed by atoms with van der Waals surface area (Å²) >= 11 is 0. The highest BCUT2D eigenvalue weighted by molar-refractivity contribution is 5.92. The smallest absolute Gasteiger partial charge is 0.272 e. The summed E-state index contributed by atoms with van der Waals surface area (Å²) in [5.41, 5.74) is 5.92. The minimum Gasteiger partial charge on any atom is -0.384 e. The molecule has 2 N–H and O–H groups in total. The molecule has 0 radical (unpaired) electrons. The summed E-state index contributed by atoms with van der Waals surface area (Å²) in [7, 11) is 1.77. The third-order valence-electron chi connectivity index (χ3n) is 1.98. The van der Waals surface area contributed by atoms with Crippen LogP contribution in [0, 0.1) is 5.92 Å². The van der Waals surface area contributed by atoms with E-state index in [9.17, 15) is 4.79 Å². The highest BCUT2D eigenvalue weighted by Crippen LogP contribution is 2.05. The molecule has 1 amide bonds. The van der Waals surface area contributed by atoms with Gasteiger partial charge in [0.2, 0.25) is 0 Å². The van der Waals surface area contributed by atoms with Crippen molar-refractivity contribution in [3.63, 3.8) is 0 Å². The Labute approximate surface area is 102 Å². The molecule has 0 saturated heterocycles. The van der Waals surface area contributed by atoms with E-state index >= 15 is 0 Å². The number of pyridine rings is 1. The summed E-state index contributed by atoms with van der Waals surface area (Å²) in [5.74, 6) is 0.731. The van der Waals surface area contributed by atoms with Crippen LogP contribution in [0.5, 0.6) is 0 Å². The average Bonchev–Trinajstić information content (AvgIpc) is 2.15. The minimum atomic E-state index is -0.0870. The van der Waals surface area contributed by atoms with Crippen LogP contribution in [-0.2, 0) is 0 Å². The Bertz CT molecular complexity index is 355. The van der Waals surface area contributed by atoms with Crippen LogP contribution in [-0.4, -0.2) is 29.4 Å². The fraction of sp³-hybridized carbons (Fsp3) is 0.455. The van der Waals surface area contributed by atoms with Gasteiger partial charge in [0.15, 0.2) is 0 Å². The van der Waals surface area contributed by atoms with E-state index in [-0.39, 0.29) is 18.3 Å². The Morgan fingerprint density at radius 2 is 2.12 bits per heavy atom. The van der Waals surface area contributed by atoms with Crippen molar-refractivity contribution < 1.29 is 4.79 Å². The van der Waals surface area contributed by atoms with Crippen LogP contribution in [0.4, 0.5) is 5.82 Å². The van der Waals surface area contributed by atoms with E-state index in [1.165, 1.54) is 0 Å². The lowest BCUT2D eigenvalue weighted by Crippen LogP contribution is -2.30. The number of nitrogens with two attached hydrogens (primary N) is 1. The zero-order valence-electron chi connectivity index (χ0n) is 9.80. The summed E-state index contributed by atoms with van der Waals surface area (Å²) in [6.45, 7) is 4.85.